The predicted octanol–water partition coefficient (Wildman–Crippen LogP) is 2.54. The fourth-order valence-corrected chi connectivity index (χ4v) is 3.81. The Balaban J connectivity index is 1.53. The number of carbonyl (C=O) groups excluding carboxylic acids is 1. The number of nitrogens with one attached hydrogen (secondary N) is 1. The summed E-state index contributed by atoms with van der Waals surface area (Å²) in [7, 11) is 0. The molecule has 24 heavy (non-hydrogen) atoms. The molecule has 1 aromatic carbocycles. The van der Waals surface area contributed by atoms with E-state index in [4.69, 9.17) is 0 Å². The van der Waals surface area contributed by atoms with E-state index in [9.17, 15) is 4.79 Å². The third kappa shape index (κ3) is 2.90. The van der Waals surface area contributed by atoms with Gasteiger partial charge in [0.1, 0.15) is 5.82 Å². The third-order valence-corrected chi connectivity index (χ3v) is 5.11. The number of amides is 1. The van der Waals surface area contributed by atoms with Crippen molar-refractivity contribution in [3.05, 3.63) is 47.5 Å². The Bertz CT molecular complexity index is 746. The second-order valence-electron chi connectivity index (χ2n) is 6.92. The molecule has 1 unspecified atom stereocenters. The fraction of sp³-hybridized carbons (Fsp3) is 0.474. The quantitative estimate of drug-likeness (QED) is 0.944. The topological polar surface area (TPSA) is 50.2 Å². The van der Waals surface area contributed by atoms with Crippen LogP contribution in [0.1, 0.15) is 41.0 Å². The smallest absolute Gasteiger partial charge is 0.253 e. The van der Waals surface area contributed by atoms with Gasteiger partial charge in [-0.05, 0) is 38.3 Å². The summed E-state index contributed by atoms with van der Waals surface area (Å²) in [4.78, 5) is 19.6. The van der Waals surface area contributed by atoms with Crippen LogP contribution in [0.2, 0.25) is 0 Å². The molecular formula is C19H24N4O. The van der Waals surface area contributed by atoms with Crippen molar-refractivity contribution >= 4 is 11.6 Å². The first-order chi connectivity index (χ1) is 11.7. The van der Waals surface area contributed by atoms with Gasteiger partial charge < -0.3 is 14.8 Å². The Morgan fingerprint density at radius 2 is 2.12 bits per heavy atom. The van der Waals surface area contributed by atoms with Crippen LogP contribution in [0, 0.1) is 6.92 Å². The molecule has 1 saturated heterocycles. The van der Waals surface area contributed by atoms with Gasteiger partial charge in [-0.15, -0.1) is 0 Å². The van der Waals surface area contributed by atoms with E-state index in [2.05, 4.69) is 31.9 Å². The van der Waals surface area contributed by atoms with E-state index < -0.39 is 0 Å². The van der Waals surface area contributed by atoms with Gasteiger partial charge in [-0.1, -0.05) is 11.6 Å². The first-order valence-corrected chi connectivity index (χ1v) is 8.87. The average molecular weight is 324 g/mol. The standard InChI is InChI=1S/C19H24N4O/c1-14-4-6-17(22-9-2-3-10-22)16(12-14)19(24)21-15-5-7-18-20-8-11-23(18)13-15/h4,6,8,11-12,15H,2-3,5,7,9-10,13H2,1H3,(H,21,24). The number of rotatable bonds is 3. The highest BCUT2D eigenvalue weighted by molar-refractivity contribution is 6.00. The molecular weight excluding hydrogens is 300 g/mol. The normalized spacial score (nSPS) is 20.0. The van der Waals surface area contributed by atoms with Crippen LogP contribution in [-0.2, 0) is 13.0 Å². The Morgan fingerprint density at radius 1 is 1.29 bits per heavy atom. The Morgan fingerprint density at radius 3 is 2.96 bits per heavy atom. The highest BCUT2D eigenvalue weighted by Gasteiger charge is 2.24. The summed E-state index contributed by atoms with van der Waals surface area (Å²) < 4.78 is 2.14. The third-order valence-electron chi connectivity index (χ3n) is 5.11. The lowest BCUT2D eigenvalue weighted by molar-refractivity contribution is 0.0928. The van der Waals surface area contributed by atoms with Crippen LogP contribution in [0.25, 0.3) is 0 Å². The molecule has 1 amide bonds. The number of carbonyl (C=O) groups is 1. The summed E-state index contributed by atoms with van der Waals surface area (Å²) >= 11 is 0. The van der Waals surface area contributed by atoms with Gasteiger partial charge in [0, 0.05) is 50.2 Å². The van der Waals surface area contributed by atoms with Crippen LogP contribution in [0.4, 0.5) is 5.69 Å². The predicted molar refractivity (Wildman–Crippen MR) is 94.4 cm³/mol. The minimum absolute atomic E-state index is 0.0502. The van der Waals surface area contributed by atoms with E-state index in [1.165, 1.54) is 12.8 Å². The molecule has 1 N–H and O–H groups in total. The molecule has 5 heteroatoms. The number of benzene rings is 1. The second kappa shape index (κ2) is 6.30. The number of imidazole rings is 1. The summed E-state index contributed by atoms with van der Waals surface area (Å²) in [5.41, 5.74) is 3.02. The molecule has 0 bridgehead atoms. The Hall–Kier alpha value is -2.30. The number of hydrogen-bond donors (Lipinski definition) is 1. The zero-order valence-electron chi connectivity index (χ0n) is 14.2. The van der Waals surface area contributed by atoms with Crippen molar-refractivity contribution in [1.82, 2.24) is 14.9 Å². The van der Waals surface area contributed by atoms with Crippen molar-refractivity contribution in [3.8, 4) is 0 Å². The first-order valence-electron chi connectivity index (χ1n) is 8.87. The maximum Gasteiger partial charge on any atom is 0.253 e. The minimum Gasteiger partial charge on any atom is -0.371 e. The van der Waals surface area contributed by atoms with Crippen LogP contribution in [0.3, 0.4) is 0 Å². The highest BCUT2D eigenvalue weighted by atomic mass is 16.1. The molecule has 2 aromatic rings. The van der Waals surface area contributed by atoms with E-state index in [-0.39, 0.29) is 11.9 Å². The molecule has 4 rings (SSSR count). The van der Waals surface area contributed by atoms with Crippen LogP contribution < -0.4 is 10.2 Å². The number of aryl methyl sites for hydroxylation is 2. The second-order valence-corrected chi connectivity index (χ2v) is 6.92. The van der Waals surface area contributed by atoms with Crippen molar-refractivity contribution in [2.45, 2.75) is 45.2 Å². The van der Waals surface area contributed by atoms with Gasteiger partial charge in [-0.2, -0.15) is 0 Å². The van der Waals surface area contributed by atoms with Gasteiger partial charge in [0.15, 0.2) is 0 Å². The summed E-state index contributed by atoms with van der Waals surface area (Å²) in [6.07, 6.45) is 8.13. The minimum atomic E-state index is 0.0502. The largest absolute Gasteiger partial charge is 0.371 e. The molecule has 2 aliphatic heterocycles. The fourth-order valence-electron chi connectivity index (χ4n) is 3.81. The number of fused-ring (bicyclic) bond motifs is 1. The number of nitrogens with zero attached hydrogens (tertiary/aromatic N) is 3. The molecule has 3 heterocycles. The summed E-state index contributed by atoms with van der Waals surface area (Å²) in [6.45, 7) is 4.95. The van der Waals surface area contributed by atoms with Crippen LogP contribution in [0.5, 0.6) is 0 Å². The van der Waals surface area contributed by atoms with Gasteiger partial charge in [-0.25, -0.2) is 4.98 Å². The lowest BCUT2D eigenvalue weighted by atomic mass is 10.0. The summed E-state index contributed by atoms with van der Waals surface area (Å²) in [6, 6.07) is 6.40. The van der Waals surface area contributed by atoms with Crippen LogP contribution >= 0.6 is 0 Å². The Kier molecular flexibility index (Phi) is 4.00. The van der Waals surface area contributed by atoms with Gasteiger partial charge in [0.2, 0.25) is 0 Å². The van der Waals surface area contributed by atoms with Gasteiger partial charge in [0.05, 0.1) is 5.56 Å². The van der Waals surface area contributed by atoms with Gasteiger partial charge >= 0.3 is 0 Å². The average Bonchev–Trinajstić information content (AvgIpc) is 3.25. The number of aromatic nitrogens is 2. The van der Waals surface area contributed by atoms with Gasteiger partial charge in [-0.3, -0.25) is 4.79 Å². The van der Waals surface area contributed by atoms with Crippen molar-refractivity contribution in [1.29, 1.82) is 0 Å². The van der Waals surface area contributed by atoms with E-state index in [0.717, 1.165) is 55.1 Å². The lowest BCUT2D eigenvalue weighted by Gasteiger charge is -2.26. The maximum atomic E-state index is 12.9. The zero-order valence-corrected chi connectivity index (χ0v) is 14.2. The molecule has 5 nitrogen and oxygen atoms in total. The molecule has 2 aliphatic rings. The highest BCUT2D eigenvalue weighted by Crippen LogP contribution is 2.26. The molecule has 0 saturated carbocycles. The molecule has 0 aliphatic carbocycles. The van der Waals surface area contributed by atoms with Crippen molar-refractivity contribution in [3.63, 3.8) is 0 Å². The zero-order chi connectivity index (χ0) is 16.5. The van der Waals surface area contributed by atoms with E-state index in [1.54, 1.807) is 0 Å². The van der Waals surface area contributed by atoms with Crippen LogP contribution in [0.15, 0.2) is 30.6 Å². The summed E-state index contributed by atoms with van der Waals surface area (Å²) in [5, 5.41) is 3.24. The molecule has 1 aromatic heterocycles. The maximum absolute atomic E-state index is 12.9. The lowest BCUT2D eigenvalue weighted by Crippen LogP contribution is -2.41. The van der Waals surface area contributed by atoms with Crippen LogP contribution in [-0.4, -0.2) is 34.6 Å². The molecule has 0 spiro atoms. The Labute approximate surface area is 142 Å². The van der Waals surface area contributed by atoms with Crippen molar-refractivity contribution in [2.24, 2.45) is 0 Å². The molecule has 1 fully saturated rings. The molecule has 0 radical (unpaired) electrons. The number of anilines is 1. The SMILES string of the molecule is Cc1ccc(N2CCCC2)c(C(=O)NC2CCc3nccn3C2)c1. The first kappa shape index (κ1) is 15.2. The van der Waals surface area contributed by atoms with E-state index in [1.807, 2.05) is 25.4 Å². The molecule has 126 valence electrons. The summed E-state index contributed by atoms with van der Waals surface area (Å²) in [5.74, 6) is 1.17. The van der Waals surface area contributed by atoms with E-state index in [0.29, 0.717) is 0 Å². The monoisotopic (exact) mass is 324 g/mol. The number of hydrogen-bond acceptors (Lipinski definition) is 3. The van der Waals surface area contributed by atoms with E-state index >= 15 is 0 Å². The molecule has 1 atom stereocenters. The van der Waals surface area contributed by atoms with Crippen molar-refractivity contribution < 1.29 is 4.79 Å². The van der Waals surface area contributed by atoms with Gasteiger partial charge in [0.25, 0.3) is 5.91 Å². The van der Waals surface area contributed by atoms with Crippen molar-refractivity contribution in [2.75, 3.05) is 18.0 Å².